The summed E-state index contributed by atoms with van der Waals surface area (Å²) >= 11 is 0. The first-order chi connectivity index (χ1) is 15.5. The zero-order valence-electron chi connectivity index (χ0n) is 18.5. The van der Waals surface area contributed by atoms with Crippen LogP contribution in [0.25, 0.3) is 22.1 Å². The van der Waals surface area contributed by atoms with Crippen LogP contribution in [0.2, 0.25) is 0 Å². The average Bonchev–Trinajstić information content (AvgIpc) is 3.30. The van der Waals surface area contributed by atoms with E-state index in [1.165, 1.54) is 0 Å². The molecule has 7 heteroatoms. The quantitative estimate of drug-likeness (QED) is 0.595. The van der Waals surface area contributed by atoms with Gasteiger partial charge in [-0.25, -0.2) is 0 Å². The standard InChI is InChI=1S/C25H27NO6/c1-15-24(16-8-11-20(29-2)22(12-16)30-3)25(28)19-10-9-18(13-21(19)32-15)31-14-23(27)26-17-6-4-5-7-17/h8-13,17H,4-7,14H2,1-3H3,(H,26,27). The molecule has 1 saturated carbocycles. The van der Waals surface area contributed by atoms with Crippen LogP contribution in [0.3, 0.4) is 0 Å². The van der Waals surface area contributed by atoms with Crippen molar-refractivity contribution in [3.63, 3.8) is 0 Å². The van der Waals surface area contributed by atoms with Crippen molar-refractivity contribution in [2.45, 2.75) is 38.6 Å². The van der Waals surface area contributed by atoms with Crippen LogP contribution in [-0.2, 0) is 4.79 Å². The minimum Gasteiger partial charge on any atom is -0.493 e. The number of aryl methyl sites for hydroxylation is 1. The zero-order valence-corrected chi connectivity index (χ0v) is 18.5. The van der Waals surface area contributed by atoms with Gasteiger partial charge in [0.25, 0.3) is 5.91 Å². The predicted octanol–water partition coefficient (Wildman–Crippen LogP) is 4.22. The van der Waals surface area contributed by atoms with Crippen LogP contribution >= 0.6 is 0 Å². The third-order valence-electron chi connectivity index (χ3n) is 5.80. The van der Waals surface area contributed by atoms with E-state index in [2.05, 4.69) is 5.32 Å². The lowest BCUT2D eigenvalue weighted by Gasteiger charge is -2.13. The first-order valence-electron chi connectivity index (χ1n) is 10.7. The van der Waals surface area contributed by atoms with Gasteiger partial charge in [-0.2, -0.15) is 0 Å². The lowest BCUT2D eigenvalue weighted by atomic mass is 10.0. The lowest BCUT2D eigenvalue weighted by Crippen LogP contribution is -2.36. The summed E-state index contributed by atoms with van der Waals surface area (Å²) in [5.41, 5.74) is 1.40. The summed E-state index contributed by atoms with van der Waals surface area (Å²) in [6.07, 6.45) is 4.35. The maximum Gasteiger partial charge on any atom is 0.258 e. The summed E-state index contributed by atoms with van der Waals surface area (Å²) in [6, 6.07) is 10.5. The molecule has 32 heavy (non-hydrogen) atoms. The number of rotatable bonds is 7. The second-order valence-electron chi connectivity index (χ2n) is 7.93. The van der Waals surface area contributed by atoms with Crippen LogP contribution in [0.15, 0.2) is 45.6 Å². The Labute approximate surface area is 186 Å². The molecule has 0 radical (unpaired) electrons. The van der Waals surface area contributed by atoms with E-state index >= 15 is 0 Å². The van der Waals surface area contributed by atoms with Gasteiger partial charge < -0.3 is 23.9 Å². The molecule has 7 nitrogen and oxygen atoms in total. The van der Waals surface area contributed by atoms with E-state index in [4.69, 9.17) is 18.6 Å². The molecule has 3 aromatic rings. The summed E-state index contributed by atoms with van der Waals surface area (Å²) in [5.74, 6) is 1.92. The third-order valence-corrected chi connectivity index (χ3v) is 5.80. The van der Waals surface area contributed by atoms with Crippen molar-refractivity contribution in [2.24, 2.45) is 0 Å². The molecule has 0 atom stereocenters. The van der Waals surface area contributed by atoms with Crippen LogP contribution in [0.5, 0.6) is 17.2 Å². The van der Waals surface area contributed by atoms with E-state index in [0.29, 0.717) is 45.1 Å². The topological polar surface area (TPSA) is 87.0 Å². The summed E-state index contributed by atoms with van der Waals surface area (Å²) in [7, 11) is 3.11. The molecule has 1 aliphatic carbocycles. The van der Waals surface area contributed by atoms with Crippen molar-refractivity contribution in [1.82, 2.24) is 5.32 Å². The van der Waals surface area contributed by atoms with Crippen LogP contribution in [-0.4, -0.2) is 32.8 Å². The molecular formula is C25H27NO6. The van der Waals surface area contributed by atoms with Crippen molar-refractivity contribution >= 4 is 16.9 Å². The number of fused-ring (bicyclic) bond motifs is 1. The van der Waals surface area contributed by atoms with Crippen molar-refractivity contribution in [3.8, 4) is 28.4 Å². The Kier molecular flexibility index (Phi) is 6.35. The van der Waals surface area contributed by atoms with Crippen LogP contribution in [0.1, 0.15) is 31.4 Å². The third kappa shape index (κ3) is 4.42. The fourth-order valence-corrected chi connectivity index (χ4v) is 4.19. The van der Waals surface area contributed by atoms with Gasteiger partial charge in [-0.1, -0.05) is 18.9 Å². The Morgan fingerprint density at radius 3 is 2.53 bits per heavy atom. The molecule has 1 aliphatic rings. The zero-order chi connectivity index (χ0) is 22.7. The van der Waals surface area contributed by atoms with E-state index < -0.39 is 0 Å². The molecule has 168 valence electrons. The van der Waals surface area contributed by atoms with Gasteiger partial charge in [0.2, 0.25) is 5.43 Å². The van der Waals surface area contributed by atoms with Crippen molar-refractivity contribution in [2.75, 3.05) is 20.8 Å². The van der Waals surface area contributed by atoms with E-state index in [1.807, 2.05) is 0 Å². The van der Waals surface area contributed by atoms with Gasteiger partial charge in [0.15, 0.2) is 18.1 Å². The first kappa shape index (κ1) is 21.7. The second kappa shape index (κ2) is 9.34. The van der Waals surface area contributed by atoms with Gasteiger partial charge in [-0.15, -0.1) is 0 Å². The largest absolute Gasteiger partial charge is 0.493 e. The Morgan fingerprint density at radius 2 is 1.81 bits per heavy atom. The smallest absolute Gasteiger partial charge is 0.258 e. The van der Waals surface area contributed by atoms with Gasteiger partial charge in [-0.05, 0) is 49.6 Å². The van der Waals surface area contributed by atoms with E-state index in [0.717, 1.165) is 25.7 Å². The number of ether oxygens (including phenoxy) is 3. The Bertz CT molecular complexity index is 1190. The highest BCUT2D eigenvalue weighted by molar-refractivity contribution is 5.84. The van der Waals surface area contributed by atoms with Gasteiger partial charge in [-0.3, -0.25) is 9.59 Å². The number of amides is 1. The number of hydrogen-bond acceptors (Lipinski definition) is 6. The first-order valence-corrected chi connectivity index (χ1v) is 10.7. The minimum atomic E-state index is -0.151. The Morgan fingerprint density at radius 1 is 1.06 bits per heavy atom. The van der Waals surface area contributed by atoms with Gasteiger partial charge in [0, 0.05) is 12.1 Å². The van der Waals surface area contributed by atoms with Crippen LogP contribution < -0.4 is 25.0 Å². The molecule has 0 bridgehead atoms. The number of benzene rings is 2. The molecule has 4 rings (SSSR count). The average molecular weight is 437 g/mol. The highest BCUT2D eigenvalue weighted by Gasteiger charge is 2.18. The van der Waals surface area contributed by atoms with Gasteiger partial charge in [0.05, 0.1) is 25.2 Å². The van der Waals surface area contributed by atoms with Crippen LogP contribution in [0, 0.1) is 6.92 Å². The normalized spacial score (nSPS) is 13.8. The summed E-state index contributed by atoms with van der Waals surface area (Å²) in [5, 5.41) is 3.42. The number of carbonyl (C=O) groups is 1. The fourth-order valence-electron chi connectivity index (χ4n) is 4.19. The molecule has 1 amide bonds. The monoisotopic (exact) mass is 437 g/mol. The fraction of sp³-hybridized carbons (Fsp3) is 0.360. The highest BCUT2D eigenvalue weighted by Crippen LogP contribution is 2.33. The van der Waals surface area contributed by atoms with E-state index in [1.54, 1.807) is 57.5 Å². The van der Waals surface area contributed by atoms with Crippen molar-refractivity contribution in [3.05, 3.63) is 52.4 Å². The van der Waals surface area contributed by atoms with E-state index in [9.17, 15) is 9.59 Å². The summed E-state index contributed by atoms with van der Waals surface area (Å²) < 4.78 is 22.2. The summed E-state index contributed by atoms with van der Waals surface area (Å²) in [4.78, 5) is 25.4. The second-order valence-corrected chi connectivity index (χ2v) is 7.93. The maximum atomic E-state index is 13.2. The number of nitrogens with one attached hydrogen (secondary N) is 1. The predicted molar refractivity (Wildman–Crippen MR) is 122 cm³/mol. The molecule has 0 aliphatic heterocycles. The summed E-state index contributed by atoms with van der Waals surface area (Å²) in [6.45, 7) is 1.67. The number of methoxy groups -OCH3 is 2. The molecule has 2 aromatic carbocycles. The molecule has 0 unspecified atom stereocenters. The molecule has 1 N–H and O–H groups in total. The minimum absolute atomic E-state index is 0.0745. The maximum absolute atomic E-state index is 13.2. The molecule has 1 aromatic heterocycles. The molecule has 1 fully saturated rings. The van der Waals surface area contributed by atoms with E-state index in [-0.39, 0.29) is 24.0 Å². The molecule has 0 saturated heterocycles. The van der Waals surface area contributed by atoms with Gasteiger partial charge >= 0.3 is 0 Å². The van der Waals surface area contributed by atoms with Gasteiger partial charge in [0.1, 0.15) is 17.1 Å². The van der Waals surface area contributed by atoms with Crippen LogP contribution in [0.4, 0.5) is 0 Å². The Balaban J connectivity index is 1.58. The number of hydrogen-bond donors (Lipinski definition) is 1. The van der Waals surface area contributed by atoms with Crippen molar-refractivity contribution in [1.29, 1.82) is 0 Å². The highest BCUT2D eigenvalue weighted by atomic mass is 16.5. The Hall–Kier alpha value is -3.48. The molecule has 0 spiro atoms. The SMILES string of the molecule is COc1ccc(-c2c(C)oc3cc(OCC(=O)NC4CCCC4)ccc3c2=O)cc1OC. The molecule has 1 heterocycles. The number of carbonyl (C=O) groups excluding carboxylic acids is 1. The molecular weight excluding hydrogens is 410 g/mol. The van der Waals surface area contributed by atoms with Crippen molar-refractivity contribution < 1.29 is 23.4 Å². The lowest BCUT2D eigenvalue weighted by molar-refractivity contribution is -0.123.